The Kier molecular flexibility index (Phi) is 2.53. The number of hydrogen-bond donors (Lipinski definition) is 2. The Hall–Kier alpha value is -1.84. The molecule has 1 aromatic carbocycles. The van der Waals surface area contributed by atoms with Crippen molar-refractivity contribution in [3.63, 3.8) is 0 Å². The van der Waals surface area contributed by atoms with Crippen LogP contribution in [0.3, 0.4) is 0 Å². The summed E-state index contributed by atoms with van der Waals surface area (Å²) in [5, 5.41) is 5.77. The second-order valence-corrected chi connectivity index (χ2v) is 6.96. The monoisotopic (exact) mass is 272 g/mol. The van der Waals surface area contributed by atoms with Crippen molar-refractivity contribution >= 4 is 23.2 Å². The lowest BCUT2D eigenvalue weighted by Gasteiger charge is -2.08. The van der Waals surface area contributed by atoms with Crippen molar-refractivity contribution in [2.45, 2.75) is 34.1 Å². The Morgan fingerprint density at radius 1 is 1.25 bits per heavy atom. The van der Waals surface area contributed by atoms with Crippen LogP contribution in [0, 0.1) is 16.7 Å². The Morgan fingerprint density at radius 2 is 1.90 bits per heavy atom. The third-order valence-corrected chi connectivity index (χ3v) is 5.28. The molecule has 0 aromatic heterocycles. The molecule has 1 fully saturated rings. The topological polar surface area (TPSA) is 58.2 Å². The van der Waals surface area contributed by atoms with Crippen molar-refractivity contribution in [1.29, 1.82) is 0 Å². The molecule has 1 aliphatic heterocycles. The Morgan fingerprint density at radius 3 is 2.50 bits per heavy atom. The molecule has 2 amide bonds. The number of anilines is 2. The van der Waals surface area contributed by atoms with E-state index in [0.29, 0.717) is 6.42 Å². The van der Waals surface area contributed by atoms with Crippen LogP contribution in [-0.4, -0.2) is 11.8 Å². The van der Waals surface area contributed by atoms with Crippen LogP contribution in [0.1, 0.15) is 33.3 Å². The summed E-state index contributed by atoms with van der Waals surface area (Å²) in [6.07, 6.45) is 0.388. The van der Waals surface area contributed by atoms with Gasteiger partial charge in [-0.1, -0.05) is 27.7 Å². The number of rotatable bonds is 2. The van der Waals surface area contributed by atoms with Gasteiger partial charge in [0.2, 0.25) is 11.8 Å². The van der Waals surface area contributed by atoms with E-state index in [2.05, 4.69) is 38.3 Å². The molecule has 1 heterocycles. The molecule has 4 nitrogen and oxygen atoms in total. The summed E-state index contributed by atoms with van der Waals surface area (Å²) in [5.74, 6) is 0.105. The molecule has 0 atom stereocenters. The van der Waals surface area contributed by atoms with Crippen LogP contribution in [0.2, 0.25) is 0 Å². The molecule has 3 rings (SSSR count). The van der Waals surface area contributed by atoms with E-state index in [1.54, 1.807) is 0 Å². The highest BCUT2D eigenvalue weighted by molar-refractivity contribution is 6.01. The molecule has 2 aliphatic rings. The average molecular weight is 272 g/mol. The molecule has 1 aliphatic carbocycles. The smallest absolute Gasteiger partial charge is 0.228 e. The van der Waals surface area contributed by atoms with E-state index >= 15 is 0 Å². The van der Waals surface area contributed by atoms with Crippen LogP contribution in [0.25, 0.3) is 0 Å². The predicted molar refractivity (Wildman–Crippen MR) is 78.5 cm³/mol. The lowest BCUT2D eigenvalue weighted by atomic mass is 10.0. The molecule has 1 saturated carbocycles. The first kappa shape index (κ1) is 13.2. The highest BCUT2D eigenvalue weighted by Gasteiger charge is 2.68. The minimum atomic E-state index is 0.00735. The van der Waals surface area contributed by atoms with E-state index < -0.39 is 0 Å². The normalized spacial score (nSPS) is 22.1. The number of benzene rings is 1. The van der Waals surface area contributed by atoms with E-state index in [1.807, 2.05) is 18.2 Å². The van der Waals surface area contributed by atoms with E-state index in [0.717, 1.165) is 16.9 Å². The Balaban J connectivity index is 1.76. The molecular formula is C16H20N2O2. The predicted octanol–water partition coefficient (Wildman–Crippen LogP) is 2.80. The lowest BCUT2D eigenvalue weighted by Crippen LogP contribution is -2.17. The van der Waals surface area contributed by atoms with Crippen molar-refractivity contribution in [3.8, 4) is 0 Å². The summed E-state index contributed by atoms with van der Waals surface area (Å²) >= 11 is 0. The van der Waals surface area contributed by atoms with E-state index in [4.69, 9.17) is 0 Å². The Bertz CT molecular complexity index is 603. The molecule has 0 bridgehead atoms. The molecule has 2 N–H and O–H groups in total. The maximum atomic E-state index is 12.4. The van der Waals surface area contributed by atoms with Gasteiger partial charge >= 0.3 is 0 Å². The van der Waals surface area contributed by atoms with E-state index in [1.165, 1.54) is 0 Å². The van der Waals surface area contributed by atoms with E-state index in [9.17, 15) is 9.59 Å². The molecule has 4 heteroatoms. The van der Waals surface area contributed by atoms with Crippen LogP contribution in [-0.2, 0) is 16.0 Å². The molecular weight excluding hydrogens is 252 g/mol. The van der Waals surface area contributed by atoms with Crippen LogP contribution in [0.4, 0.5) is 11.4 Å². The zero-order valence-electron chi connectivity index (χ0n) is 12.3. The second kappa shape index (κ2) is 3.84. The summed E-state index contributed by atoms with van der Waals surface area (Å²) in [7, 11) is 0. The average Bonchev–Trinajstić information content (AvgIpc) is 2.61. The number of amides is 2. The number of fused-ring (bicyclic) bond motifs is 1. The van der Waals surface area contributed by atoms with E-state index in [-0.39, 0.29) is 28.6 Å². The summed E-state index contributed by atoms with van der Waals surface area (Å²) in [5.41, 5.74) is 2.63. The maximum Gasteiger partial charge on any atom is 0.228 e. The number of hydrogen-bond acceptors (Lipinski definition) is 2. The lowest BCUT2D eigenvalue weighted by molar-refractivity contribution is -0.118. The van der Waals surface area contributed by atoms with Crippen molar-refractivity contribution < 1.29 is 9.59 Å². The van der Waals surface area contributed by atoms with Gasteiger partial charge in [-0.3, -0.25) is 9.59 Å². The first-order chi connectivity index (χ1) is 9.23. The zero-order chi connectivity index (χ0) is 14.7. The molecule has 20 heavy (non-hydrogen) atoms. The van der Waals surface area contributed by atoms with Crippen molar-refractivity contribution in [3.05, 3.63) is 23.8 Å². The third kappa shape index (κ3) is 1.74. The van der Waals surface area contributed by atoms with Gasteiger partial charge in [-0.05, 0) is 34.6 Å². The van der Waals surface area contributed by atoms with Gasteiger partial charge < -0.3 is 10.6 Å². The fraction of sp³-hybridized carbons (Fsp3) is 0.500. The molecule has 106 valence electrons. The van der Waals surface area contributed by atoms with Crippen LogP contribution < -0.4 is 10.6 Å². The van der Waals surface area contributed by atoms with Crippen molar-refractivity contribution in [2.75, 3.05) is 10.6 Å². The highest BCUT2D eigenvalue weighted by Crippen LogP contribution is 2.68. The number of nitrogens with one attached hydrogen (secondary N) is 2. The van der Waals surface area contributed by atoms with Gasteiger partial charge in [0.15, 0.2) is 0 Å². The first-order valence-corrected chi connectivity index (χ1v) is 6.97. The van der Waals surface area contributed by atoms with Gasteiger partial charge in [-0.2, -0.15) is 0 Å². The fourth-order valence-corrected chi connectivity index (χ4v) is 3.37. The Labute approximate surface area is 118 Å². The molecule has 0 unspecified atom stereocenters. The van der Waals surface area contributed by atoms with Crippen molar-refractivity contribution in [2.24, 2.45) is 16.7 Å². The number of carbonyl (C=O) groups is 2. The SMILES string of the molecule is CC1(C)C(C(=O)Nc2ccc3c(c2)CC(=O)N3)C1(C)C. The van der Waals surface area contributed by atoms with Crippen LogP contribution in [0.5, 0.6) is 0 Å². The van der Waals surface area contributed by atoms with Gasteiger partial charge in [0.25, 0.3) is 0 Å². The summed E-state index contributed by atoms with van der Waals surface area (Å²) in [6.45, 7) is 8.51. The maximum absolute atomic E-state index is 12.4. The summed E-state index contributed by atoms with van der Waals surface area (Å²) < 4.78 is 0. The summed E-state index contributed by atoms with van der Waals surface area (Å²) in [6, 6.07) is 5.57. The third-order valence-electron chi connectivity index (χ3n) is 5.28. The highest BCUT2D eigenvalue weighted by atomic mass is 16.2. The summed E-state index contributed by atoms with van der Waals surface area (Å²) in [4.78, 5) is 23.7. The second-order valence-electron chi connectivity index (χ2n) is 6.96. The molecule has 1 aromatic rings. The van der Waals surface area contributed by atoms with Crippen LogP contribution in [0.15, 0.2) is 18.2 Å². The quantitative estimate of drug-likeness (QED) is 0.869. The molecule has 0 spiro atoms. The van der Waals surface area contributed by atoms with Crippen LogP contribution >= 0.6 is 0 Å². The largest absolute Gasteiger partial charge is 0.326 e. The first-order valence-electron chi connectivity index (χ1n) is 6.97. The zero-order valence-corrected chi connectivity index (χ0v) is 12.3. The van der Waals surface area contributed by atoms with Gasteiger partial charge in [0.05, 0.1) is 6.42 Å². The van der Waals surface area contributed by atoms with Gasteiger partial charge in [-0.15, -0.1) is 0 Å². The minimum absolute atomic E-state index is 0.00735. The standard InChI is InChI=1S/C16H20N2O2/c1-15(2)13(16(15,3)4)14(20)17-10-5-6-11-9(7-10)8-12(19)18-11/h5-7,13H,8H2,1-4H3,(H,17,20)(H,18,19). The minimum Gasteiger partial charge on any atom is -0.326 e. The molecule has 0 saturated heterocycles. The number of carbonyl (C=O) groups excluding carboxylic acids is 2. The van der Waals surface area contributed by atoms with Gasteiger partial charge in [0.1, 0.15) is 0 Å². The fourth-order valence-electron chi connectivity index (χ4n) is 3.37. The van der Waals surface area contributed by atoms with Gasteiger partial charge in [-0.25, -0.2) is 0 Å². The van der Waals surface area contributed by atoms with Gasteiger partial charge in [0, 0.05) is 17.3 Å². The van der Waals surface area contributed by atoms with Crippen molar-refractivity contribution in [1.82, 2.24) is 0 Å². The molecule has 0 radical (unpaired) electrons.